The molecular weight excluding hydrogens is 210 g/mol. The highest BCUT2D eigenvalue weighted by Gasteiger charge is 2.01. The molecule has 0 saturated carbocycles. The van der Waals surface area contributed by atoms with Crippen LogP contribution >= 0.6 is 11.6 Å². The lowest BCUT2D eigenvalue weighted by Crippen LogP contribution is -1.97. The zero-order valence-electron chi connectivity index (χ0n) is 8.10. The Labute approximate surface area is 93.2 Å². The Kier molecular flexibility index (Phi) is 3.25. The fourth-order valence-corrected chi connectivity index (χ4v) is 1.45. The third kappa shape index (κ3) is 2.50. The van der Waals surface area contributed by atoms with Crippen LogP contribution in [0, 0.1) is 0 Å². The minimum absolute atomic E-state index is 0.538. The predicted molar refractivity (Wildman–Crippen MR) is 59.7 cm³/mol. The van der Waals surface area contributed by atoms with E-state index in [-0.39, 0.29) is 0 Å². The smallest absolute Gasteiger partial charge is 0.130 e. The van der Waals surface area contributed by atoms with Gasteiger partial charge in [0.1, 0.15) is 5.82 Å². The number of alkyl halides is 1. The van der Waals surface area contributed by atoms with Crippen LogP contribution in [0.25, 0.3) is 11.3 Å². The molecule has 0 atom stereocenters. The molecule has 0 aliphatic carbocycles. The van der Waals surface area contributed by atoms with Crippen molar-refractivity contribution >= 4 is 11.6 Å². The van der Waals surface area contributed by atoms with E-state index in [1.807, 2.05) is 18.2 Å². The summed E-state index contributed by atoms with van der Waals surface area (Å²) >= 11 is 5.64. The molecule has 2 rings (SSSR count). The number of halogens is 1. The molecule has 2 heterocycles. The molecule has 0 N–H and O–H groups in total. The maximum Gasteiger partial charge on any atom is 0.130 e. The second-order valence-corrected chi connectivity index (χ2v) is 3.42. The minimum Gasteiger partial charge on any atom is -0.264 e. The molecule has 2 aromatic heterocycles. The number of hydrogen-bond acceptors (Lipinski definition) is 3. The first kappa shape index (κ1) is 10.1. The average molecular weight is 220 g/mol. The second-order valence-electron chi connectivity index (χ2n) is 3.04. The molecule has 3 nitrogen and oxygen atoms in total. The molecule has 2 aromatic rings. The number of pyridine rings is 1. The molecule has 0 amide bonds. The Morgan fingerprint density at radius 3 is 2.87 bits per heavy atom. The van der Waals surface area contributed by atoms with E-state index in [9.17, 15) is 0 Å². The van der Waals surface area contributed by atoms with Gasteiger partial charge in [0.05, 0.1) is 5.69 Å². The van der Waals surface area contributed by atoms with Gasteiger partial charge >= 0.3 is 0 Å². The van der Waals surface area contributed by atoms with Crippen molar-refractivity contribution in [2.75, 3.05) is 5.88 Å². The van der Waals surface area contributed by atoms with E-state index >= 15 is 0 Å². The highest BCUT2D eigenvalue weighted by Crippen LogP contribution is 2.14. The van der Waals surface area contributed by atoms with Crippen molar-refractivity contribution in [2.24, 2.45) is 0 Å². The maximum atomic E-state index is 5.64. The molecule has 0 spiro atoms. The molecule has 0 aliphatic rings. The van der Waals surface area contributed by atoms with Crippen LogP contribution in [0.3, 0.4) is 0 Å². The predicted octanol–water partition coefficient (Wildman–Crippen LogP) is 2.32. The molecule has 0 bridgehead atoms. The maximum absolute atomic E-state index is 5.64. The lowest BCUT2D eigenvalue weighted by atomic mass is 10.2. The van der Waals surface area contributed by atoms with E-state index in [0.29, 0.717) is 12.3 Å². The molecule has 15 heavy (non-hydrogen) atoms. The third-order valence-corrected chi connectivity index (χ3v) is 2.17. The normalized spacial score (nSPS) is 10.2. The Morgan fingerprint density at radius 1 is 1.20 bits per heavy atom. The van der Waals surface area contributed by atoms with Gasteiger partial charge in [-0.1, -0.05) is 0 Å². The number of hydrogen-bond donors (Lipinski definition) is 0. The number of aromatic nitrogens is 3. The van der Waals surface area contributed by atoms with Crippen molar-refractivity contribution in [3.05, 3.63) is 42.6 Å². The van der Waals surface area contributed by atoms with Crippen molar-refractivity contribution in [3.8, 4) is 11.3 Å². The number of rotatable bonds is 3. The van der Waals surface area contributed by atoms with Crippen molar-refractivity contribution in [1.29, 1.82) is 0 Å². The van der Waals surface area contributed by atoms with E-state index in [0.717, 1.165) is 17.1 Å². The summed E-state index contributed by atoms with van der Waals surface area (Å²) in [5.74, 6) is 1.31. The van der Waals surface area contributed by atoms with Gasteiger partial charge in [0.15, 0.2) is 0 Å². The van der Waals surface area contributed by atoms with Crippen molar-refractivity contribution in [3.63, 3.8) is 0 Å². The summed E-state index contributed by atoms with van der Waals surface area (Å²) in [5.41, 5.74) is 1.88. The van der Waals surface area contributed by atoms with Gasteiger partial charge in [0, 0.05) is 36.5 Å². The quantitative estimate of drug-likeness (QED) is 0.744. The lowest BCUT2D eigenvalue weighted by molar-refractivity contribution is 0.947. The van der Waals surface area contributed by atoms with Gasteiger partial charge in [-0.3, -0.25) is 4.98 Å². The van der Waals surface area contributed by atoms with Crippen molar-refractivity contribution in [2.45, 2.75) is 6.42 Å². The fraction of sp³-hybridized carbons (Fsp3) is 0.182. The Bertz CT molecular complexity index is 431. The van der Waals surface area contributed by atoms with Gasteiger partial charge in [-0.15, -0.1) is 11.6 Å². The van der Waals surface area contributed by atoms with E-state index in [1.54, 1.807) is 18.6 Å². The van der Waals surface area contributed by atoms with E-state index in [1.165, 1.54) is 0 Å². The monoisotopic (exact) mass is 219 g/mol. The molecular formula is C11H10ClN3. The molecule has 0 aliphatic heterocycles. The summed E-state index contributed by atoms with van der Waals surface area (Å²) in [5, 5.41) is 0. The van der Waals surface area contributed by atoms with Crippen LogP contribution in [-0.4, -0.2) is 20.8 Å². The summed E-state index contributed by atoms with van der Waals surface area (Å²) in [6.45, 7) is 0. The van der Waals surface area contributed by atoms with Crippen LogP contribution in [-0.2, 0) is 6.42 Å². The molecule has 4 heteroatoms. The third-order valence-electron chi connectivity index (χ3n) is 1.98. The van der Waals surface area contributed by atoms with Crippen LogP contribution in [0.15, 0.2) is 36.8 Å². The summed E-state index contributed by atoms with van der Waals surface area (Å²) in [6, 6.07) is 5.73. The van der Waals surface area contributed by atoms with Crippen LogP contribution < -0.4 is 0 Å². The number of nitrogens with zero attached hydrogens (tertiary/aromatic N) is 3. The van der Waals surface area contributed by atoms with Gasteiger partial charge in [-0.05, 0) is 18.2 Å². The lowest BCUT2D eigenvalue weighted by Gasteiger charge is -2.01. The first-order valence-corrected chi connectivity index (χ1v) is 5.22. The van der Waals surface area contributed by atoms with Gasteiger partial charge in [0.2, 0.25) is 0 Å². The molecule has 0 saturated heterocycles. The van der Waals surface area contributed by atoms with Gasteiger partial charge in [0.25, 0.3) is 0 Å². The zero-order valence-corrected chi connectivity index (χ0v) is 8.85. The molecule has 0 fully saturated rings. The summed E-state index contributed by atoms with van der Waals surface area (Å²) in [4.78, 5) is 12.6. The van der Waals surface area contributed by atoms with E-state index in [4.69, 9.17) is 11.6 Å². The summed E-state index contributed by atoms with van der Waals surface area (Å²) < 4.78 is 0. The molecule has 0 radical (unpaired) electrons. The van der Waals surface area contributed by atoms with Crippen molar-refractivity contribution in [1.82, 2.24) is 15.0 Å². The molecule has 0 aromatic carbocycles. The largest absolute Gasteiger partial charge is 0.264 e. The zero-order chi connectivity index (χ0) is 10.5. The topological polar surface area (TPSA) is 38.7 Å². The van der Waals surface area contributed by atoms with Gasteiger partial charge < -0.3 is 0 Å². The molecule has 0 unspecified atom stereocenters. The van der Waals surface area contributed by atoms with Crippen LogP contribution in [0.5, 0.6) is 0 Å². The Balaban J connectivity index is 2.33. The fourth-order valence-electron chi connectivity index (χ4n) is 1.28. The van der Waals surface area contributed by atoms with Gasteiger partial charge in [-0.25, -0.2) is 9.97 Å². The first-order chi connectivity index (χ1) is 7.40. The van der Waals surface area contributed by atoms with E-state index in [2.05, 4.69) is 15.0 Å². The summed E-state index contributed by atoms with van der Waals surface area (Å²) in [7, 11) is 0. The van der Waals surface area contributed by atoms with Gasteiger partial charge in [-0.2, -0.15) is 0 Å². The highest BCUT2D eigenvalue weighted by atomic mass is 35.5. The van der Waals surface area contributed by atoms with E-state index < -0.39 is 0 Å². The first-order valence-electron chi connectivity index (χ1n) is 4.68. The highest BCUT2D eigenvalue weighted by molar-refractivity contribution is 6.17. The Hall–Kier alpha value is -1.48. The second kappa shape index (κ2) is 4.84. The minimum atomic E-state index is 0.538. The van der Waals surface area contributed by atoms with Crippen LogP contribution in [0.1, 0.15) is 5.82 Å². The standard InChI is InChI=1S/C11H10ClN3/c12-5-3-11-14-7-4-10(15-11)9-2-1-6-13-8-9/h1-2,4,6-8H,3,5H2. The molecule has 76 valence electrons. The summed E-state index contributed by atoms with van der Waals surface area (Å²) in [6.07, 6.45) is 5.96. The Morgan fingerprint density at radius 2 is 2.13 bits per heavy atom. The SMILES string of the molecule is ClCCc1nccc(-c2cccnc2)n1. The van der Waals surface area contributed by atoms with Crippen LogP contribution in [0.4, 0.5) is 0 Å². The average Bonchev–Trinajstić information content (AvgIpc) is 2.31. The number of aryl methyl sites for hydroxylation is 1. The van der Waals surface area contributed by atoms with Crippen molar-refractivity contribution < 1.29 is 0 Å². The van der Waals surface area contributed by atoms with Crippen LogP contribution in [0.2, 0.25) is 0 Å².